The third-order valence-corrected chi connectivity index (χ3v) is 3.97. The largest absolute Gasteiger partial charge is 0.250 e. The lowest BCUT2D eigenvalue weighted by Gasteiger charge is -2.09. The summed E-state index contributed by atoms with van der Waals surface area (Å²) in [6.45, 7) is 7.59. The average Bonchev–Trinajstić information content (AvgIpc) is 3.12. The normalized spacial score (nSPS) is 12.5. The van der Waals surface area contributed by atoms with Crippen molar-refractivity contribution < 1.29 is 0 Å². The Morgan fingerprint density at radius 2 is 1.87 bits per heavy atom. The van der Waals surface area contributed by atoms with Crippen molar-refractivity contribution >= 4 is 0 Å². The highest BCUT2D eigenvalue weighted by molar-refractivity contribution is 5.20. The molecular weight excluding hydrogens is 288 g/mol. The zero-order valence-corrected chi connectivity index (χ0v) is 13.8. The van der Waals surface area contributed by atoms with E-state index in [0.717, 1.165) is 36.9 Å². The highest BCUT2D eigenvalue weighted by Crippen LogP contribution is 2.18. The van der Waals surface area contributed by atoms with Crippen LogP contribution in [-0.2, 0) is 19.5 Å². The Morgan fingerprint density at radius 1 is 1.09 bits per heavy atom. The average molecular weight is 310 g/mol. The molecule has 1 atom stereocenters. The van der Waals surface area contributed by atoms with E-state index in [1.54, 1.807) is 0 Å². The molecule has 120 valence electrons. The molecule has 0 amide bonds. The molecule has 0 saturated carbocycles. The summed E-state index contributed by atoms with van der Waals surface area (Å²) in [7, 11) is 0. The lowest BCUT2D eigenvalue weighted by atomic mass is 9.97. The highest BCUT2D eigenvalue weighted by atomic mass is 15.4. The summed E-state index contributed by atoms with van der Waals surface area (Å²) in [5.74, 6) is 2.17. The van der Waals surface area contributed by atoms with E-state index in [-0.39, 0.29) is 0 Å². The Labute approximate surface area is 136 Å². The number of benzene rings is 1. The first-order chi connectivity index (χ1) is 11.1. The van der Waals surface area contributed by atoms with Gasteiger partial charge in [0.15, 0.2) is 0 Å². The van der Waals surface area contributed by atoms with Gasteiger partial charge in [0.1, 0.15) is 11.6 Å². The Morgan fingerprint density at radius 3 is 2.57 bits per heavy atom. The first kappa shape index (κ1) is 15.4. The van der Waals surface area contributed by atoms with Crippen molar-refractivity contribution in [2.45, 2.75) is 46.2 Å². The second-order valence-electron chi connectivity index (χ2n) is 5.92. The van der Waals surface area contributed by atoms with Crippen molar-refractivity contribution in [1.82, 2.24) is 29.8 Å². The van der Waals surface area contributed by atoms with Crippen LogP contribution in [0.25, 0.3) is 0 Å². The fourth-order valence-corrected chi connectivity index (χ4v) is 2.72. The molecule has 0 bridgehead atoms. The first-order valence-corrected chi connectivity index (χ1v) is 7.94. The van der Waals surface area contributed by atoms with Gasteiger partial charge in [-0.1, -0.05) is 42.5 Å². The smallest absolute Gasteiger partial charge is 0.147 e. The van der Waals surface area contributed by atoms with Crippen molar-refractivity contribution in [3.8, 4) is 0 Å². The van der Waals surface area contributed by atoms with E-state index in [2.05, 4.69) is 51.6 Å². The van der Waals surface area contributed by atoms with Gasteiger partial charge in [-0.25, -0.2) is 9.67 Å². The molecule has 0 radical (unpaired) electrons. The Bertz CT molecular complexity index is 758. The number of aromatic nitrogens is 6. The van der Waals surface area contributed by atoms with Crippen molar-refractivity contribution in [2.24, 2.45) is 0 Å². The van der Waals surface area contributed by atoms with Gasteiger partial charge in [-0.15, -0.1) is 5.10 Å². The van der Waals surface area contributed by atoms with Crippen LogP contribution in [0.15, 0.2) is 36.5 Å². The van der Waals surface area contributed by atoms with E-state index in [9.17, 15) is 0 Å². The van der Waals surface area contributed by atoms with Crippen LogP contribution < -0.4 is 0 Å². The molecule has 1 unspecified atom stereocenters. The van der Waals surface area contributed by atoms with Gasteiger partial charge in [0.25, 0.3) is 0 Å². The second kappa shape index (κ2) is 6.73. The van der Waals surface area contributed by atoms with Crippen LogP contribution >= 0.6 is 0 Å². The molecule has 0 aliphatic carbocycles. The molecule has 2 heterocycles. The first-order valence-electron chi connectivity index (χ1n) is 7.94. The lowest BCUT2D eigenvalue weighted by molar-refractivity contribution is 0.480. The zero-order chi connectivity index (χ0) is 16.2. The monoisotopic (exact) mass is 310 g/mol. The van der Waals surface area contributed by atoms with Gasteiger partial charge in [0.2, 0.25) is 0 Å². The fourth-order valence-electron chi connectivity index (χ4n) is 2.72. The van der Waals surface area contributed by atoms with Gasteiger partial charge in [-0.3, -0.25) is 4.68 Å². The van der Waals surface area contributed by atoms with E-state index >= 15 is 0 Å². The third-order valence-electron chi connectivity index (χ3n) is 3.97. The molecule has 0 N–H and O–H groups in total. The summed E-state index contributed by atoms with van der Waals surface area (Å²) in [5.41, 5.74) is 2.35. The van der Waals surface area contributed by atoms with Crippen LogP contribution in [0.1, 0.15) is 35.7 Å². The van der Waals surface area contributed by atoms with Crippen LogP contribution in [0.2, 0.25) is 0 Å². The second-order valence-corrected chi connectivity index (χ2v) is 5.92. The number of nitrogens with zero attached hydrogens (tertiary/aromatic N) is 6. The minimum absolute atomic E-state index is 0.432. The number of hydrogen-bond acceptors (Lipinski definition) is 4. The fraction of sp³-hybridized carbons (Fsp3) is 0.412. The Kier molecular flexibility index (Phi) is 4.50. The molecule has 23 heavy (non-hydrogen) atoms. The molecule has 0 aliphatic rings. The summed E-state index contributed by atoms with van der Waals surface area (Å²) >= 11 is 0. The van der Waals surface area contributed by atoms with Crippen LogP contribution in [0.3, 0.4) is 0 Å². The summed E-state index contributed by atoms with van der Waals surface area (Å²) in [6.07, 6.45) is 2.92. The van der Waals surface area contributed by atoms with Crippen molar-refractivity contribution in [1.29, 1.82) is 0 Å². The van der Waals surface area contributed by atoms with Crippen molar-refractivity contribution in [3.05, 3.63) is 59.4 Å². The number of hydrogen-bond donors (Lipinski definition) is 0. The van der Waals surface area contributed by atoms with Gasteiger partial charge in [0.05, 0.1) is 18.8 Å². The molecule has 1 aromatic carbocycles. The van der Waals surface area contributed by atoms with Crippen LogP contribution in [0.4, 0.5) is 0 Å². The molecule has 0 fully saturated rings. The molecule has 3 aromatic rings. The van der Waals surface area contributed by atoms with Crippen molar-refractivity contribution in [2.75, 3.05) is 0 Å². The zero-order valence-electron chi connectivity index (χ0n) is 13.8. The highest BCUT2D eigenvalue weighted by Gasteiger charge is 2.10. The van der Waals surface area contributed by atoms with Gasteiger partial charge >= 0.3 is 0 Å². The van der Waals surface area contributed by atoms with Crippen LogP contribution in [0, 0.1) is 13.8 Å². The topological polar surface area (TPSA) is 61.4 Å². The van der Waals surface area contributed by atoms with Crippen molar-refractivity contribution in [3.63, 3.8) is 0 Å². The molecule has 2 aromatic heterocycles. The standard InChI is InChI=1S/C17H22N6/c1-13(16-7-5-4-6-8-16)11-17-12-22(21-19-17)9-10-23-15(3)18-14(2)20-23/h4-8,12-13H,9-11H2,1-3H3. The predicted molar refractivity (Wildman–Crippen MR) is 88.1 cm³/mol. The minimum atomic E-state index is 0.432. The maximum absolute atomic E-state index is 4.36. The van der Waals surface area contributed by atoms with E-state index in [4.69, 9.17) is 0 Å². The number of rotatable bonds is 6. The van der Waals surface area contributed by atoms with Gasteiger partial charge in [0, 0.05) is 6.20 Å². The summed E-state index contributed by atoms with van der Waals surface area (Å²) in [4.78, 5) is 4.31. The van der Waals surface area contributed by atoms with Gasteiger partial charge in [-0.05, 0) is 31.7 Å². The summed E-state index contributed by atoms with van der Waals surface area (Å²) in [6, 6.07) is 10.5. The molecule has 6 heteroatoms. The Balaban J connectivity index is 1.59. The molecule has 6 nitrogen and oxygen atoms in total. The molecule has 3 rings (SSSR count). The Hall–Kier alpha value is -2.50. The van der Waals surface area contributed by atoms with E-state index in [1.165, 1.54) is 5.56 Å². The maximum Gasteiger partial charge on any atom is 0.147 e. The molecule has 0 spiro atoms. The van der Waals surface area contributed by atoms with E-state index in [1.807, 2.05) is 35.5 Å². The van der Waals surface area contributed by atoms with Gasteiger partial charge in [-0.2, -0.15) is 5.10 Å². The van der Waals surface area contributed by atoms with Crippen LogP contribution in [-0.4, -0.2) is 29.8 Å². The molecular formula is C17H22N6. The molecule has 0 saturated heterocycles. The quantitative estimate of drug-likeness (QED) is 0.702. The SMILES string of the molecule is Cc1nc(C)n(CCn2cc(CC(C)c3ccccc3)nn2)n1. The predicted octanol–water partition coefficient (Wildman–Crippen LogP) is 2.53. The maximum atomic E-state index is 4.36. The van der Waals surface area contributed by atoms with E-state index < -0.39 is 0 Å². The summed E-state index contributed by atoms with van der Waals surface area (Å²) < 4.78 is 3.78. The summed E-state index contributed by atoms with van der Waals surface area (Å²) in [5, 5.41) is 12.9. The third kappa shape index (κ3) is 3.83. The number of aryl methyl sites for hydroxylation is 4. The molecule has 0 aliphatic heterocycles. The van der Waals surface area contributed by atoms with E-state index in [0.29, 0.717) is 5.92 Å². The lowest BCUT2D eigenvalue weighted by Crippen LogP contribution is -2.10. The minimum Gasteiger partial charge on any atom is -0.250 e. The van der Waals surface area contributed by atoms with Gasteiger partial charge < -0.3 is 0 Å². The van der Waals surface area contributed by atoms with Crippen LogP contribution in [0.5, 0.6) is 0 Å².